The van der Waals surface area contributed by atoms with Gasteiger partial charge < -0.3 is 14.2 Å². The maximum absolute atomic E-state index is 11.9. The number of carbonyl (C=O) groups excluding carboxylic acids is 1. The zero-order valence-electron chi connectivity index (χ0n) is 12.7. The van der Waals surface area contributed by atoms with Gasteiger partial charge in [0.05, 0.1) is 17.7 Å². The molecule has 1 atom stereocenters. The summed E-state index contributed by atoms with van der Waals surface area (Å²) < 4.78 is 15.8. The van der Waals surface area contributed by atoms with E-state index >= 15 is 0 Å². The Labute approximate surface area is 149 Å². The smallest absolute Gasteiger partial charge is 0.350 e. The number of nitriles is 1. The third-order valence-electron chi connectivity index (χ3n) is 3.02. The molecule has 0 saturated heterocycles. The van der Waals surface area contributed by atoms with Crippen LogP contribution in [0.15, 0.2) is 42.5 Å². The van der Waals surface area contributed by atoms with Gasteiger partial charge in [0.2, 0.25) is 6.10 Å². The van der Waals surface area contributed by atoms with Crippen LogP contribution in [0.25, 0.3) is 0 Å². The summed E-state index contributed by atoms with van der Waals surface area (Å²) in [7, 11) is 1.24. The van der Waals surface area contributed by atoms with Crippen LogP contribution in [0, 0.1) is 11.3 Å². The predicted molar refractivity (Wildman–Crippen MR) is 89.5 cm³/mol. The van der Waals surface area contributed by atoms with Crippen molar-refractivity contribution in [2.45, 2.75) is 6.10 Å². The number of methoxy groups -OCH3 is 1. The molecule has 0 amide bonds. The van der Waals surface area contributed by atoms with Crippen molar-refractivity contribution in [3.05, 3.63) is 58.1 Å². The molecule has 7 heteroatoms. The Morgan fingerprint density at radius 3 is 2.62 bits per heavy atom. The van der Waals surface area contributed by atoms with E-state index in [1.807, 2.05) is 6.07 Å². The van der Waals surface area contributed by atoms with E-state index in [0.717, 1.165) is 0 Å². The van der Waals surface area contributed by atoms with E-state index in [-0.39, 0.29) is 12.4 Å². The van der Waals surface area contributed by atoms with Crippen LogP contribution in [0.3, 0.4) is 0 Å². The number of esters is 1. The van der Waals surface area contributed by atoms with Crippen LogP contribution in [0.1, 0.15) is 5.56 Å². The number of hydrogen-bond donors (Lipinski definition) is 0. The lowest BCUT2D eigenvalue weighted by atomic mass is 10.2. The van der Waals surface area contributed by atoms with Gasteiger partial charge in [-0.2, -0.15) is 5.26 Å². The Morgan fingerprint density at radius 1 is 1.21 bits per heavy atom. The molecular weight excluding hydrogens is 353 g/mol. The summed E-state index contributed by atoms with van der Waals surface area (Å²) in [5.41, 5.74) is 0.302. The highest BCUT2D eigenvalue weighted by Gasteiger charge is 2.24. The molecule has 0 N–H and O–H groups in total. The zero-order valence-corrected chi connectivity index (χ0v) is 14.2. The maximum Gasteiger partial charge on any atom is 0.350 e. The fraction of sp³-hybridized carbons (Fsp3) is 0.176. The topological polar surface area (TPSA) is 68.6 Å². The second kappa shape index (κ2) is 8.44. The summed E-state index contributed by atoms with van der Waals surface area (Å²) in [6, 6.07) is 13.3. The van der Waals surface area contributed by atoms with Crippen molar-refractivity contribution in [2.75, 3.05) is 13.7 Å². The highest BCUT2D eigenvalue weighted by Crippen LogP contribution is 2.28. The summed E-state index contributed by atoms with van der Waals surface area (Å²) >= 11 is 11.8. The minimum Gasteiger partial charge on any atom is -0.488 e. The molecule has 0 aliphatic rings. The van der Waals surface area contributed by atoms with Gasteiger partial charge in [0.15, 0.2) is 0 Å². The number of rotatable bonds is 6. The standard InChI is InChI=1S/C17H13Cl2NO4/c1-22-17(21)16(24-14-5-3-2-4-11(14)9-20)10-23-15-7-6-12(18)8-13(15)19/h2-8,16H,10H2,1H3. The van der Waals surface area contributed by atoms with Gasteiger partial charge in [0.25, 0.3) is 0 Å². The molecule has 0 aromatic heterocycles. The second-order valence-corrected chi connectivity index (χ2v) is 5.47. The Kier molecular flexibility index (Phi) is 6.30. The monoisotopic (exact) mass is 365 g/mol. The van der Waals surface area contributed by atoms with E-state index in [9.17, 15) is 4.79 Å². The number of para-hydroxylation sites is 1. The van der Waals surface area contributed by atoms with Crippen molar-refractivity contribution in [1.29, 1.82) is 5.26 Å². The normalized spacial score (nSPS) is 11.2. The molecule has 0 saturated carbocycles. The molecule has 0 aliphatic carbocycles. The molecule has 0 radical (unpaired) electrons. The third-order valence-corrected chi connectivity index (χ3v) is 3.56. The van der Waals surface area contributed by atoms with Gasteiger partial charge in [-0.05, 0) is 30.3 Å². The zero-order chi connectivity index (χ0) is 17.5. The minimum absolute atomic E-state index is 0.145. The summed E-state index contributed by atoms with van der Waals surface area (Å²) in [4.78, 5) is 11.9. The van der Waals surface area contributed by atoms with Crippen LogP contribution in [0.2, 0.25) is 10.0 Å². The molecule has 0 spiro atoms. The van der Waals surface area contributed by atoms with Crippen molar-refractivity contribution in [1.82, 2.24) is 0 Å². The minimum atomic E-state index is -1.06. The number of hydrogen-bond acceptors (Lipinski definition) is 5. The first-order chi connectivity index (χ1) is 11.5. The molecule has 2 aromatic carbocycles. The van der Waals surface area contributed by atoms with Crippen LogP contribution < -0.4 is 9.47 Å². The fourth-order valence-electron chi connectivity index (χ4n) is 1.85. The van der Waals surface area contributed by atoms with E-state index in [1.54, 1.807) is 36.4 Å². The van der Waals surface area contributed by atoms with Crippen molar-refractivity contribution < 1.29 is 19.0 Å². The van der Waals surface area contributed by atoms with Crippen LogP contribution >= 0.6 is 23.2 Å². The Balaban J connectivity index is 2.14. The van der Waals surface area contributed by atoms with Crippen molar-refractivity contribution in [3.8, 4) is 17.6 Å². The van der Waals surface area contributed by atoms with Crippen molar-refractivity contribution >= 4 is 29.2 Å². The molecule has 124 valence electrons. The van der Waals surface area contributed by atoms with Crippen LogP contribution in [0.5, 0.6) is 11.5 Å². The molecule has 0 heterocycles. The van der Waals surface area contributed by atoms with E-state index in [4.69, 9.17) is 42.7 Å². The lowest BCUT2D eigenvalue weighted by molar-refractivity contribution is -0.150. The van der Waals surface area contributed by atoms with Gasteiger partial charge in [0.1, 0.15) is 24.2 Å². The first kappa shape index (κ1) is 17.9. The second-order valence-electron chi connectivity index (χ2n) is 4.62. The van der Waals surface area contributed by atoms with Gasteiger partial charge in [0, 0.05) is 5.02 Å². The highest BCUT2D eigenvalue weighted by molar-refractivity contribution is 6.35. The third kappa shape index (κ3) is 4.54. The summed E-state index contributed by atoms with van der Waals surface area (Å²) in [6.45, 7) is -0.145. The van der Waals surface area contributed by atoms with Crippen molar-refractivity contribution in [2.24, 2.45) is 0 Å². The Morgan fingerprint density at radius 2 is 1.96 bits per heavy atom. The van der Waals surface area contributed by atoms with Gasteiger partial charge >= 0.3 is 5.97 Å². The van der Waals surface area contributed by atoms with Gasteiger partial charge in [-0.25, -0.2) is 4.79 Å². The molecule has 0 fully saturated rings. The number of nitrogens with zero attached hydrogens (tertiary/aromatic N) is 1. The molecular formula is C17H13Cl2NO4. The van der Waals surface area contributed by atoms with Gasteiger partial charge in [-0.15, -0.1) is 0 Å². The summed E-state index contributed by atoms with van der Waals surface area (Å²) in [5, 5.41) is 9.87. The van der Waals surface area contributed by atoms with Gasteiger partial charge in [-0.3, -0.25) is 0 Å². The number of benzene rings is 2. The highest BCUT2D eigenvalue weighted by atomic mass is 35.5. The van der Waals surface area contributed by atoms with E-state index in [0.29, 0.717) is 21.4 Å². The number of carbonyl (C=O) groups is 1. The maximum atomic E-state index is 11.9. The van der Waals surface area contributed by atoms with Crippen molar-refractivity contribution in [3.63, 3.8) is 0 Å². The molecule has 1 unspecified atom stereocenters. The predicted octanol–water partition coefficient (Wildman–Crippen LogP) is 3.86. The van der Waals surface area contributed by atoms with Crippen LogP contribution in [-0.4, -0.2) is 25.8 Å². The fourth-order valence-corrected chi connectivity index (χ4v) is 2.32. The first-order valence-corrected chi connectivity index (χ1v) is 7.62. The van der Waals surface area contributed by atoms with E-state index in [1.165, 1.54) is 13.2 Å². The average molecular weight is 366 g/mol. The average Bonchev–Trinajstić information content (AvgIpc) is 2.59. The Bertz CT molecular complexity index is 773. The number of halogens is 2. The lowest BCUT2D eigenvalue weighted by Crippen LogP contribution is -2.34. The van der Waals surface area contributed by atoms with E-state index < -0.39 is 12.1 Å². The molecule has 5 nitrogen and oxygen atoms in total. The van der Waals surface area contributed by atoms with Gasteiger partial charge in [-0.1, -0.05) is 35.3 Å². The molecule has 0 bridgehead atoms. The summed E-state index contributed by atoms with van der Waals surface area (Å²) in [5.74, 6) is -0.0128. The van der Waals surface area contributed by atoms with Crippen LogP contribution in [0.4, 0.5) is 0 Å². The Hall–Kier alpha value is -2.42. The van der Waals surface area contributed by atoms with E-state index in [2.05, 4.69) is 0 Å². The quantitative estimate of drug-likeness (QED) is 0.726. The first-order valence-electron chi connectivity index (χ1n) is 6.86. The molecule has 2 aromatic rings. The molecule has 0 aliphatic heterocycles. The lowest BCUT2D eigenvalue weighted by Gasteiger charge is -2.18. The summed E-state index contributed by atoms with van der Waals surface area (Å²) in [6.07, 6.45) is -1.06. The number of ether oxygens (including phenoxy) is 3. The largest absolute Gasteiger partial charge is 0.488 e. The molecule has 24 heavy (non-hydrogen) atoms. The molecule has 2 rings (SSSR count). The van der Waals surface area contributed by atoms with Crippen LogP contribution in [-0.2, 0) is 9.53 Å². The SMILES string of the molecule is COC(=O)C(COc1ccc(Cl)cc1Cl)Oc1ccccc1C#N.